The highest BCUT2D eigenvalue weighted by Crippen LogP contribution is 2.35. The van der Waals surface area contributed by atoms with E-state index in [1.54, 1.807) is 0 Å². The lowest BCUT2D eigenvalue weighted by molar-refractivity contribution is -0.121. The van der Waals surface area contributed by atoms with Crippen LogP contribution in [0.3, 0.4) is 0 Å². The van der Waals surface area contributed by atoms with Crippen molar-refractivity contribution in [2.45, 2.75) is 58.1 Å². The first-order chi connectivity index (χ1) is 17.3. The number of carbonyl (C=O) groups excluding carboxylic acids is 1. The van der Waals surface area contributed by atoms with Crippen LogP contribution in [0.4, 0.5) is 11.4 Å². The van der Waals surface area contributed by atoms with Crippen molar-refractivity contribution in [2.75, 3.05) is 49.1 Å². The minimum Gasteiger partial charge on any atom is -0.371 e. The van der Waals surface area contributed by atoms with Gasteiger partial charge in [0.05, 0.1) is 0 Å². The van der Waals surface area contributed by atoms with Crippen LogP contribution in [0, 0.1) is 6.92 Å². The Morgan fingerprint density at radius 3 is 1.78 bits per heavy atom. The Morgan fingerprint density at radius 2 is 1.31 bits per heavy atom. The molecule has 2 aromatic carbocycles. The highest BCUT2D eigenvalue weighted by molar-refractivity contribution is 7.91. The third-order valence-corrected chi connectivity index (χ3v) is 9.97. The van der Waals surface area contributed by atoms with E-state index >= 15 is 0 Å². The molecule has 2 heterocycles. The molecule has 2 aromatic rings. The van der Waals surface area contributed by atoms with Crippen LogP contribution in [0.5, 0.6) is 0 Å². The first-order valence-corrected chi connectivity index (χ1v) is 14.7. The van der Waals surface area contributed by atoms with Crippen LogP contribution in [0.15, 0.2) is 48.5 Å². The third-order valence-electron chi connectivity index (χ3n) is 7.33. The molecule has 0 bridgehead atoms. The predicted molar refractivity (Wildman–Crippen MR) is 149 cm³/mol. The van der Waals surface area contributed by atoms with Gasteiger partial charge in [0.1, 0.15) is 0 Å². The Labute approximate surface area is 217 Å². The summed E-state index contributed by atoms with van der Waals surface area (Å²) in [4.78, 5) is 17.0. The van der Waals surface area contributed by atoms with E-state index in [2.05, 4.69) is 41.0 Å². The summed E-state index contributed by atoms with van der Waals surface area (Å²) >= 11 is 0. The van der Waals surface area contributed by atoms with Crippen molar-refractivity contribution in [1.82, 2.24) is 4.31 Å². The standard InChI is InChI=1S/C26H36N4O3S.C2H6/c1-3-4-22-7-11-24(12-8-22)29-17-19-30(20-18-29)34(32,33)26(25(27)31)13-15-28(16-14-26)23-9-5-21(2)6-10-23;1-2/h5-12H,3-4,13-20H2,1-2H3,(H2,27,31);1-2H3. The van der Waals surface area contributed by atoms with Crippen LogP contribution in [0.2, 0.25) is 0 Å². The largest absolute Gasteiger partial charge is 0.371 e. The highest BCUT2D eigenvalue weighted by atomic mass is 32.2. The number of sulfonamides is 1. The molecular weight excluding hydrogens is 472 g/mol. The second-order valence-corrected chi connectivity index (χ2v) is 11.7. The Kier molecular flexibility index (Phi) is 9.41. The summed E-state index contributed by atoms with van der Waals surface area (Å²) in [7, 11) is -3.87. The van der Waals surface area contributed by atoms with E-state index in [9.17, 15) is 13.2 Å². The van der Waals surface area contributed by atoms with Crippen LogP contribution in [0.25, 0.3) is 0 Å². The van der Waals surface area contributed by atoms with Crippen LogP contribution >= 0.6 is 0 Å². The molecule has 2 aliphatic rings. The summed E-state index contributed by atoms with van der Waals surface area (Å²) < 4.78 is 27.4. The van der Waals surface area contributed by atoms with Crippen LogP contribution in [0.1, 0.15) is 51.2 Å². The molecule has 198 valence electrons. The summed E-state index contributed by atoms with van der Waals surface area (Å²) in [6, 6.07) is 16.7. The van der Waals surface area contributed by atoms with Crippen molar-refractivity contribution in [1.29, 1.82) is 0 Å². The number of piperidine rings is 1. The minimum absolute atomic E-state index is 0.206. The maximum atomic E-state index is 13.7. The average Bonchev–Trinajstić information content (AvgIpc) is 2.91. The smallest absolute Gasteiger partial charge is 0.240 e. The third kappa shape index (κ3) is 5.70. The monoisotopic (exact) mass is 514 g/mol. The van der Waals surface area contributed by atoms with E-state index in [-0.39, 0.29) is 12.8 Å². The molecule has 8 heteroatoms. The first kappa shape index (κ1) is 28.0. The molecule has 36 heavy (non-hydrogen) atoms. The summed E-state index contributed by atoms with van der Waals surface area (Å²) in [6.45, 7) is 11.1. The van der Waals surface area contributed by atoms with Gasteiger partial charge in [-0.1, -0.05) is 57.0 Å². The number of amides is 1. The molecule has 0 aliphatic carbocycles. The van der Waals surface area contributed by atoms with Gasteiger partial charge in [0.2, 0.25) is 15.9 Å². The molecule has 0 aromatic heterocycles. The van der Waals surface area contributed by atoms with Crippen molar-refractivity contribution in [3.63, 3.8) is 0 Å². The van der Waals surface area contributed by atoms with E-state index in [0.29, 0.717) is 39.3 Å². The number of anilines is 2. The number of carbonyl (C=O) groups is 1. The molecule has 0 unspecified atom stereocenters. The lowest BCUT2D eigenvalue weighted by Gasteiger charge is -2.44. The SMILES string of the molecule is CC.CCCc1ccc(N2CCN(S(=O)(=O)C3(C(N)=O)CCN(c4ccc(C)cc4)CC3)CC2)cc1. The number of hydrogen-bond donors (Lipinski definition) is 1. The minimum atomic E-state index is -3.87. The van der Waals surface area contributed by atoms with Gasteiger partial charge in [-0.05, 0) is 56.0 Å². The number of nitrogens with two attached hydrogens (primary N) is 1. The fourth-order valence-electron chi connectivity index (χ4n) is 5.11. The van der Waals surface area contributed by atoms with E-state index in [1.807, 2.05) is 45.0 Å². The zero-order chi connectivity index (χ0) is 26.3. The fourth-order valence-corrected chi connectivity index (χ4v) is 7.20. The molecule has 7 nitrogen and oxygen atoms in total. The molecule has 0 spiro atoms. The number of primary amides is 1. The summed E-state index contributed by atoms with van der Waals surface area (Å²) in [5.41, 5.74) is 10.4. The summed E-state index contributed by atoms with van der Waals surface area (Å²) in [5, 5.41) is 0. The van der Waals surface area contributed by atoms with E-state index in [0.717, 1.165) is 24.2 Å². The second-order valence-electron chi connectivity index (χ2n) is 9.49. The van der Waals surface area contributed by atoms with Gasteiger partial charge in [-0.25, -0.2) is 8.42 Å². The molecule has 0 atom stereocenters. The average molecular weight is 515 g/mol. The van der Waals surface area contributed by atoms with Crippen molar-refractivity contribution in [3.05, 3.63) is 59.7 Å². The van der Waals surface area contributed by atoms with Crippen molar-refractivity contribution >= 4 is 27.3 Å². The highest BCUT2D eigenvalue weighted by Gasteiger charge is 2.54. The van der Waals surface area contributed by atoms with E-state index in [4.69, 9.17) is 5.73 Å². The molecule has 0 saturated carbocycles. The van der Waals surface area contributed by atoms with Crippen molar-refractivity contribution < 1.29 is 13.2 Å². The van der Waals surface area contributed by atoms with E-state index in [1.165, 1.54) is 15.4 Å². The number of hydrogen-bond acceptors (Lipinski definition) is 5. The van der Waals surface area contributed by atoms with Gasteiger partial charge in [-0.3, -0.25) is 4.79 Å². The molecular formula is C28H42N4O3S. The summed E-state index contributed by atoms with van der Waals surface area (Å²) in [6.07, 6.45) is 2.58. The van der Waals surface area contributed by atoms with Crippen LogP contribution in [-0.4, -0.2) is 62.6 Å². The Hall–Kier alpha value is -2.58. The molecule has 2 fully saturated rings. The van der Waals surface area contributed by atoms with Crippen molar-refractivity contribution in [3.8, 4) is 0 Å². The maximum Gasteiger partial charge on any atom is 0.240 e. The number of rotatable bonds is 7. The maximum absolute atomic E-state index is 13.7. The Bertz CT molecular complexity index is 1080. The lowest BCUT2D eigenvalue weighted by atomic mass is 9.94. The van der Waals surface area contributed by atoms with E-state index < -0.39 is 20.7 Å². The number of aryl methyl sites for hydroxylation is 2. The number of benzene rings is 2. The lowest BCUT2D eigenvalue weighted by Crippen LogP contribution is -2.63. The summed E-state index contributed by atoms with van der Waals surface area (Å²) in [5.74, 6) is -0.731. The van der Waals surface area contributed by atoms with Crippen LogP contribution in [-0.2, 0) is 21.2 Å². The fraction of sp³-hybridized carbons (Fsp3) is 0.536. The Balaban J connectivity index is 0.00000176. The van der Waals surface area contributed by atoms with Gasteiger partial charge in [-0.15, -0.1) is 0 Å². The van der Waals surface area contributed by atoms with Gasteiger partial charge in [0.15, 0.2) is 4.75 Å². The second kappa shape index (κ2) is 12.1. The normalized spacial score (nSPS) is 18.3. The van der Waals surface area contributed by atoms with Gasteiger partial charge in [0.25, 0.3) is 0 Å². The Morgan fingerprint density at radius 1 is 0.833 bits per heavy atom. The topological polar surface area (TPSA) is 87.0 Å². The molecule has 2 saturated heterocycles. The predicted octanol–water partition coefficient (Wildman–Crippen LogP) is 3.95. The first-order valence-electron chi connectivity index (χ1n) is 13.2. The molecule has 4 rings (SSSR count). The zero-order valence-corrected chi connectivity index (χ0v) is 23.1. The quantitative estimate of drug-likeness (QED) is 0.605. The molecule has 0 radical (unpaired) electrons. The number of piperazine rings is 1. The van der Waals surface area contributed by atoms with Gasteiger partial charge in [-0.2, -0.15) is 4.31 Å². The van der Waals surface area contributed by atoms with Crippen molar-refractivity contribution in [2.24, 2.45) is 5.73 Å². The van der Waals surface area contributed by atoms with Gasteiger partial charge in [0, 0.05) is 50.6 Å². The van der Waals surface area contributed by atoms with Gasteiger partial charge < -0.3 is 15.5 Å². The molecule has 2 aliphatic heterocycles. The zero-order valence-electron chi connectivity index (χ0n) is 22.2. The van der Waals surface area contributed by atoms with Gasteiger partial charge >= 0.3 is 0 Å². The molecule has 2 N–H and O–H groups in total. The number of nitrogens with zero attached hydrogens (tertiary/aromatic N) is 3. The molecule has 1 amide bonds. The van der Waals surface area contributed by atoms with Crippen LogP contribution < -0.4 is 15.5 Å².